The Balaban J connectivity index is 1.67. The largest absolute Gasteiger partial charge is 0.282 e. The van der Waals surface area contributed by atoms with Crippen molar-refractivity contribution in [3.05, 3.63) is 81.7 Å². The number of para-hydroxylation sites is 1. The number of hydrogen-bond donors (Lipinski definition) is 0. The van der Waals surface area contributed by atoms with Gasteiger partial charge in [0.05, 0.1) is 27.4 Å². The van der Waals surface area contributed by atoms with Gasteiger partial charge in [-0.25, -0.2) is 4.98 Å². The van der Waals surface area contributed by atoms with Crippen molar-refractivity contribution in [2.24, 2.45) is 0 Å². The number of thiazole rings is 1. The Hall–Kier alpha value is -3.59. The van der Waals surface area contributed by atoms with Crippen LogP contribution in [0, 0.1) is 24.0 Å². The molecule has 0 fully saturated rings. The van der Waals surface area contributed by atoms with E-state index >= 15 is 0 Å². The third-order valence-corrected chi connectivity index (χ3v) is 5.78. The third-order valence-electron chi connectivity index (χ3n) is 4.72. The molecule has 30 heavy (non-hydrogen) atoms. The molecule has 9 heteroatoms. The van der Waals surface area contributed by atoms with Gasteiger partial charge in [0.1, 0.15) is 0 Å². The molecule has 0 saturated carbocycles. The number of nitrogens with zero attached hydrogens (tertiary/aromatic N) is 5. The highest BCUT2D eigenvalue weighted by molar-refractivity contribution is 7.22. The molecule has 2 heterocycles. The smallest absolute Gasteiger partial charge is 0.269 e. The fourth-order valence-corrected chi connectivity index (χ4v) is 4.23. The van der Waals surface area contributed by atoms with Gasteiger partial charge >= 0.3 is 0 Å². The lowest BCUT2D eigenvalue weighted by Gasteiger charge is -2.20. The standard InChI is InChI=1S/C21H19N5O3S/c1-14-13-15(2)25(23-14)12-11-24(21-22-18-5-3-4-6-19(18)30-21)20(27)16-7-9-17(10-8-16)26(28)29/h3-10,13H,11-12H2,1-2H3. The van der Waals surface area contributed by atoms with Gasteiger partial charge in [-0.15, -0.1) is 0 Å². The van der Waals surface area contributed by atoms with E-state index in [2.05, 4.69) is 10.1 Å². The maximum Gasteiger partial charge on any atom is 0.269 e. The van der Waals surface area contributed by atoms with Crippen LogP contribution in [-0.2, 0) is 6.54 Å². The maximum absolute atomic E-state index is 13.3. The zero-order valence-corrected chi connectivity index (χ0v) is 17.3. The van der Waals surface area contributed by atoms with Crippen LogP contribution < -0.4 is 4.90 Å². The second-order valence-corrected chi connectivity index (χ2v) is 7.88. The highest BCUT2D eigenvalue weighted by Crippen LogP contribution is 2.30. The lowest BCUT2D eigenvalue weighted by Crippen LogP contribution is -2.34. The summed E-state index contributed by atoms with van der Waals surface area (Å²) in [6.45, 7) is 4.78. The van der Waals surface area contributed by atoms with Crippen LogP contribution in [0.5, 0.6) is 0 Å². The molecule has 2 aromatic carbocycles. The molecule has 1 amide bonds. The van der Waals surface area contributed by atoms with Crippen molar-refractivity contribution < 1.29 is 9.72 Å². The molecule has 0 aliphatic rings. The first-order valence-corrected chi connectivity index (χ1v) is 10.2. The van der Waals surface area contributed by atoms with E-state index in [1.54, 1.807) is 4.90 Å². The number of anilines is 1. The molecule has 0 saturated heterocycles. The summed E-state index contributed by atoms with van der Waals surface area (Å²) < 4.78 is 2.85. The van der Waals surface area contributed by atoms with Gasteiger partial charge in [0.15, 0.2) is 5.13 Å². The zero-order chi connectivity index (χ0) is 21.3. The summed E-state index contributed by atoms with van der Waals surface area (Å²) in [7, 11) is 0. The minimum atomic E-state index is -0.484. The van der Waals surface area contributed by atoms with Crippen molar-refractivity contribution in [2.45, 2.75) is 20.4 Å². The molecule has 0 aliphatic carbocycles. The summed E-state index contributed by atoms with van der Waals surface area (Å²) in [6, 6.07) is 15.3. The van der Waals surface area contributed by atoms with Gasteiger partial charge in [0, 0.05) is 29.9 Å². The Morgan fingerprint density at radius 1 is 1.17 bits per heavy atom. The summed E-state index contributed by atoms with van der Waals surface area (Å²) in [5, 5.41) is 16.0. The normalized spacial score (nSPS) is 11.0. The van der Waals surface area contributed by atoms with Crippen LogP contribution >= 0.6 is 11.3 Å². The van der Waals surface area contributed by atoms with Crippen LogP contribution in [0.25, 0.3) is 10.2 Å². The molecule has 2 aromatic heterocycles. The van der Waals surface area contributed by atoms with Crippen molar-refractivity contribution in [3.8, 4) is 0 Å². The molecule has 0 bridgehead atoms. The van der Waals surface area contributed by atoms with Crippen LogP contribution in [0.15, 0.2) is 54.6 Å². The molecule has 4 aromatic rings. The number of nitro groups is 1. The highest BCUT2D eigenvalue weighted by Gasteiger charge is 2.22. The van der Waals surface area contributed by atoms with Crippen molar-refractivity contribution in [1.82, 2.24) is 14.8 Å². The Labute approximate surface area is 176 Å². The first kappa shape index (κ1) is 19.7. The Morgan fingerprint density at radius 2 is 1.90 bits per heavy atom. The lowest BCUT2D eigenvalue weighted by molar-refractivity contribution is -0.384. The minimum absolute atomic E-state index is 0.0549. The summed E-state index contributed by atoms with van der Waals surface area (Å²) in [5.41, 5.74) is 3.07. The van der Waals surface area contributed by atoms with Crippen molar-refractivity contribution in [1.29, 1.82) is 0 Å². The van der Waals surface area contributed by atoms with Crippen LogP contribution in [0.2, 0.25) is 0 Å². The average Bonchev–Trinajstić information content (AvgIpc) is 3.30. The van der Waals surface area contributed by atoms with Gasteiger partial charge in [-0.3, -0.25) is 24.5 Å². The fraction of sp³-hybridized carbons (Fsp3) is 0.190. The molecule has 152 valence electrons. The van der Waals surface area contributed by atoms with Gasteiger partial charge in [-0.1, -0.05) is 23.5 Å². The number of non-ortho nitro benzene ring substituents is 1. The van der Waals surface area contributed by atoms with Crippen LogP contribution in [0.4, 0.5) is 10.8 Å². The van der Waals surface area contributed by atoms with E-state index in [4.69, 9.17) is 0 Å². The number of rotatable bonds is 6. The molecule has 0 atom stereocenters. The number of fused-ring (bicyclic) bond motifs is 1. The molecular weight excluding hydrogens is 402 g/mol. The van der Waals surface area contributed by atoms with E-state index in [0.29, 0.717) is 23.8 Å². The first-order chi connectivity index (χ1) is 14.4. The predicted octanol–water partition coefficient (Wildman–Crippen LogP) is 4.36. The Bertz CT molecular complexity index is 1200. The van der Waals surface area contributed by atoms with Crippen molar-refractivity contribution in [3.63, 3.8) is 0 Å². The van der Waals surface area contributed by atoms with Gasteiger partial charge in [-0.05, 0) is 44.2 Å². The predicted molar refractivity (Wildman–Crippen MR) is 116 cm³/mol. The van der Waals surface area contributed by atoms with Crippen molar-refractivity contribution >= 4 is 38.3 Å². The monoisotopic (exact) mass is 421 g/mol. The second-order valence-electron chi connectivity index (χ2n) is 6.88. The van der Waals surface area contributed by atoms with E-state index in [0.717, 1.165) is 21.6 Å². The number of carbonyl (C=O) groups excluding carboxylic acids is 1. The summed E-state index contributed by atoms with van der Waals surface area (Å²) in [5.74, 6) is -0.259. The number of aryl methyl sites for hydroxylation is 2. The lowest BCUT2D eigenvalue weighted by atomic mass is 10.2. The molecule has 0 unspecified atom stereocenters. The first-order valence-electron chi connectivity index (χ1n) is 9.35. The number of nitro benzene ring substituents is 1. The number of hydrogen-bond acceptors (Lipinski definition) is 6. The summed E-state index contributed by atoms with van der Waals surface area (Å²) in [6.07, 6.45) is 0. The van der Waals surface area contributed by atoms with Crippen LogP contribution in [0.1, 0.15) is 21.7 Å². The summed E-state index contributed by atoms with van der Waals surface area (Å²) >= 11 is 1.44. The van der Waals surface area contributed by atoms with Crippen LogP contribution in [-0.4, -0.2) is 32.1 Å². The van der Waals surface area contributed by atoms with Gasteiger partial charge in [0.25, 0.3) is 11.6 Å². The molecule has 8 nitrogen and oxygen atoms in total. The highest BCUT2D eigenvalue weighted by atomic mass is 32.1. The summed E-state index contributed by atoms with van der Waals surface area (Å²) in [4.78, 5) is 30.0. The molecular formula is C21H19N5O3S. The SMILES string of the molecule is Cc1cc(C)n(CCN(C(=O)c2ccc([N+](=O)[O-])cc2)c2nc3ccccc3s2)n1. The fourth-order valence-electron chi connectivity index (χ4n) is 3.24. The van der Waals surface area contributed by atoms with Gasteiger partial charge in [-0.2, -0.15) is 5.10 Å². The second kappa shape index (κ2) is 8.03. The average molecular weight is 421 g/mol. The van der Waals surface area contributed by atoms with E-state index in [9.17, 15) is 14.9 Å². The van der Waals surface area contributed by atoms with E-state index in [1.165, 1.54) is 35.6 Å². The molecule has 4 rings (SSSR count). The van der Waals surface area contributed by atoms with E-state index in [1.807, 2.05) is 48.9 Å². The minimum Gasteiger partial charge on any atom is -0.282 e. The van der Waals surface area contributed by atoms with E-state index in [-0.39, 0.29) is 11.6 Å². The molecule has 0 aliphatic heterocycles. The quantitative estimate of drug-likeness (QED) is 0.340. The topological polar surface area (TPSA) is 94.2 Å². The Kier molecular flexibility index (Phi) is 5.28. The third kappa shape index (κ3) is 3.92. The van der Waals surface area contributed by atoms with Gasteiger partial charge < -0.3 is 0 Å². The number of carbonyl (C=O) groups is 1. The number of aromatic nitrogens is 3. The van der Waals surface area contributed by atoms with Crippen molar-refractivity contribution in [2.75, 3.05) is 11.4 Å². The zero-order valence-electron chi connectivity index (χ0n) is 16.5. The molecule has 0 N–H and O–H groups in total. The Morgan fingerprint density at radius 3 is 2.53 bits per heavy atom. The van der Waals surface area contributed by atoms with E-state index < -0.39 is 4.92 Å². The maximum atomic E-state index is 13.3. The number of amides is 1. The molecule has 0 radical (unpaired) electrons. The number of benzene rings is 2. The van der Waals surface area contributed by atoms with Crippen LogP contribution in [0.3, 0.4) is 0 Å². The molecule has 0 spiro atoms. The van der Waals surface area contributed by atoms with Gasteiger partial charge in [0.2, 0.25) is 0 Å².